The summed E-state index contributed by atoms with van der Waals surface area (Å²) in [5.41, 5.74) is 0. The predicted octanol–water partition coefficient (Wildman–Crippen LogP) is 4.23. The zero-order valence-electron chi connectivity index (χ0n) is 10.1. The zero-order chi connectivity index (χ0) is 11.2. The van der Waals surface area contributed by atoms with E-state index in [4.69, 9.17) is 5.11 Å². The molecule has 0 spiro atoms. The van der Waals surface area contributed by atoms with Gasteiger partial charge >= 0.3 is 0 Å². The summed E-state index contributed by atoms with van der Waals surface area (Å²) < 4.78 is 0. The van der Waals surface area contributed by atoms with Crippen LogP contribution >= 0.6 is 0 Å². The normalized spacial score (nSPS) is 11.9. The third-order valence-corrected chi connectivity index (χ3v) is 2.44. The van der Waals surface area contributed by atoms with Crippen molar-refractivity contribution in [3.63, 3.8) is 0 Å². The molecule has 0 saturated carbocycles. The van der Waals surface area contributed by atoms with E-state index in [9.17, 15) is 0 Å². The first-order valence-electron chi connectivity index (χ1n) is 6.32. The van der Waals surface area contributed by atoms with Crippen LogP contribution in [0.4, 0.5) is 0 Å². The highest BCUT2D eigenvalue weighted by Crippen LogP contribution is 2.07. The first kappa shape index (κ1) is 14.4. The lowest BCUT2D eigenvalue weighted by atomic mass is 10.1. The van der Waals surface area contributed by atoms with Crippen molar-refractivity contribution in [2.45, 2.75) is 58.3 Å². The highest BCUT2D eigenvalue weighted by molar-refractivity contribution is 4.92. The largest absolute Gasteiger partial charge is 0.392 e. The Balaban J connectivity index is 3.06. The average Bonchev–Trinajstić information content (AvgIpc) is 2.26. The van der Waals surface area contributed by atoms with E-state index in [0.717, 1.165) is 6.42 Å². The molecule has 0 saturated heterocycles. The van der Waals surface area contributed by atoms with E-state index in [-0.39, 0.29) is 6.61 Å². The summed E-state index contributed by atoms with van der Waals surface area (Å²) in [6, 6.07) is 0. The quantitative estimate of drug-likeness (QED) is 0.422. The summed E-state index contributed by atoms with van der Waals surface area (Å²) in [4.78, 5) is 0. The van der Waals surface area contributed by atoms with Crippen LogP contribution < -0.4 is 0 Å². The molecule has 1 heteroatoms. The minimum atomic E-state index is 0.158. The molecular weight excluding hydrogens is 184 g/mol. The van der Waals surface area contributed by atoms with Gasteiger partial charge in [-0.15, -0.1) is 0 Å². The lowest BCUT2D eigenvalue weighted by Crippen LogP contribution is -1.77. The molecule has 0 aliphatic rings. The highest BCUT2D eigenvalue weighted by atomic mass is 16.2. The topological polar surface area (TPSA) is 20.2 Å². The first-order valence-corrected chi connectivity index (χ1v) is 6.32. The Labute approximate surface area is 94.9 Å². The van der Waals surface area contributed by atoms with Gasteiger partial charge in [-0.2, -0.15) is 0 Å². The molecule has 0 radical (unpaired) electrons. The van der Waals surface area contributed by atoms with Gasteiger partial charge < -0.3 is 5.11 Å². The fraction of sp³-hybridized carbons (Fsp3) is 0.714. The number of aliphatic hydroxyl groups is 1. The maximum absolute atomic E-state index is 8.50. The fourth-order valence-electron chi connectivity index (χ4n) is 1.51. The third-order valence-electron chi connectivity index (χ3n) is 2.44. The van der Waals surface area contributed by atoms with Crippen molar-refractivity contribution >= 4 is 0 Å². The summed E-state index contributed by atoms with van der Waals surface area (Å²) in [5, 5.41) is 8.50. The molecule has 0 aliphatic carbocycles. The van der Waals surface area contributed by atoms with Crippen LogP contribution in [-0.2, 0) is 0 Å². The molecule has 0 amide bonds. The van der Waals surface area contributed by atoms with E-state index in [1.807, 2.05) is 6.08 Å². The van der Waals surface area contributed by atoms with E-state index in [1.165, 1.54) is 44.9 Å². The van der Waals surface area contributed by atoms with Gasteiger partial charge in [-0.1, -0.05) is 63.3 Å². The van der Waals surface area contributed by atoms with Crippen LogP contribution in [-0.4, -0.2) is 11.7 Å². The van der Waals surface area contributed by atoms with E-state index < -0.39 is 0 Å². The number of hydrogen-bond acceptors (Lipinski definition) is 1. The number of aliphatic hydroxyl groups excluding tert-OH is 1. The second-order valence-electron chi connectivity index (χ2n) is 3.92. The van der Waals surface area contributed by atoms with Crippen molar-refractivity contribution in [1.82, 2.24) is 0 Å². The molecule has 0 aromatic carbocycles. The van der Waals surface area contributed by atoms with Gasteiger partial charge in [0, 0.05) is 0 Å². The molecule has 0 atom stereocenters. The lowest BCUT2D eigenvalue weighted by Gasteiger charge is -1.97. The zero-order valence-corrected chi connectivity index (χ0v) is 10.1. The van der Waals surface area contributed by atoms with Crippen LogP contribution in [0.5, 0.6) is 0 Å². The summed E-state index contributed by atoms with van der Waals surface area (Å²) in [6.07, 6.45) is 18.6. The van der Waals surface area contributed by atoms with E-state index in [0.29, 0.717) is 0 Å². The molecule has 0 aliphatic heterocycles. The molecule has 1 N–H and O–H groups in total. The van der Waals surface area contributed by atoms with Gasteiger partial charge in [0.05, 0.1) is 6.61 Å². The third kappa shape index (κ3) is 13.4. The molecule has 15 heavy (non-hydrogen) atoms. The van der Waals surface area contributed by atoms with Crippen LogP contribution in [0.1, 0.15) is 58.3 Å². The van der Waals surface area contributed by atoms with E-state index in [1.54, 1.807) is 6.08 Å². The molecule has 0 aromatic heterocycles. The molecule has 0 bridgehead atoms. The van der Waals surface area contributed by atoms with Gasteiger partial charge in [-0.25, -0.2) is 0 Å². The second-order valence-corrected chi connectivity index (χ2v) is 3.92. The SMILES string of the molecule is CCCCCCCC/C=C\C/C=C\CO. The number of rotatable bonds is 10. The van der Waals surface area contributed by atoms with Crippen molar-refractivity contribution in [1.29, 1.82) is 0 Å². The number of allylic oxidation sites excluding steroid dienone is 3. The Kier molecular flexibility index (Phi) is 12.9. The van der Waals surface area contributed by atoms with Gasteiger partial charge in [-0.3, -0.25) is 0 Å². The maximum atomic E-state index is 8.50. The fourth-order valence-corrected chi connectivity index (χ4v) is 1.51. The Morgan fingerprint density at radius 3 is 2.20 bits per heavy atom. The molecular formula is C14H26O. The Morgan fingerprint density at radius 1 is 0.800 bits per heavy atom. The summed E-state index contributed by atoms with van der Waals surface area (Å²) >= 11 is 0. The Morgan fingerprint density at radius 2 is 1.47 bits per heavy atom. The Bertz CT molecular complexity index is 159. The van der Waals surface area contributed by atoms with Crippen LogP contribution in [0.2, 0.25) is 0 Å². The van der Waals surface area contributed by atoms with Gasteiger partial charge in [0.2, 0.25) is 0 Å². The van der Waals surface area contributed by atoms with E-state index in [2.05, 4.69) is 19.1 Å². The summed E-state index contributed by atoms with van der Waals surface area (Å²) in [7, 11) is 0. The molecule has 0 aromatic rings. The standard InChI is InChI=1S/C14H26O/c1-2-3-4-5-6-7-8-9-10-11-12-13-14-15/h9-10,12-13,15H,2-8,11,14H2,1H3/b10-9-,13-12-. The molecule has 0 fully saturated rings. The van der Waals surface area contributed by atoms with Gasteiger partial charge in [-0.05, 0) is 19.3 Å². The molecule has 88 valence electrons. The summed E-state index contributed by atoms with van der Waals surface area (Å²) in [5.74, 6) is 0. The van der Waals surface area contributed by atoms with Gasteiger partial charge in [0.1, 0.15) is 0 Å². The van der Waals surface area contributed by atoms with Crippen LogP contribution in [0.3, 0.4) is 0 Å². The maximum Gasteiger partial charge on any atom is 0.0612 e. The minimum Gasteiger partial charge on any atom is -0.392 e. The van der Waals surface area contributed by atoms with Crippen LogP contribution in [0, 0.1) is 0 Å². The summed E-state index contributed by atoms with van der Waals surface area (Å²) in [6.45, 7) is 2.41. The van der Waals surface area contributed by atoms with Crippen molar-refractivity contribution in [2.75, 3.05) is 6.61 Å². The average molecular weight is 210 g/mol. The van der Waals surface area contributed by atoms with Gasteiger partial charge in [0.15, 0.2) is 0 Å². The van der Waals surface area contributed by atoms with Crippen LogP contribution in [0.25, 0.3) is 0 Å². The number of hydrogen-bond donors (Lipinski definition) is 1. The smallest absolute Gasteiger partial charge is 0.0612 e. The van der Waals surface area contributed by atoms with Crippen molar-refractivity contribution in [3.8, 4) is 0 Å². The van der Waals surface area contributed by atoms with E-state index >= 15 is 0 Å². The molecule has 0 unspecified atom stereocenters. The van der Waals surface area contributed by atoms with Crippen molar-refractivity contribution < 1.29 is 5.11 Å². The number of unbranched alkanes of at least 4 members (excludes halogenated alkanes) is 6. The van der Waals surface area contributed by atoms with Crippen molar-refractivity contribution in [2.24, 2.45) is 0 Å². The molecule has 1 nitrogen and oxygen atoms in total. The Hall–Kier alpha value is -0.560. The van der Waals surface area contributed by atoms with Gasteiger partial charge in [0.25, 0.3) is 0 Å². The monoisotopic (exact) mass is 210 g/mol. The first-order chi connectivity index (χ1) is 7.41. The highest BCUT2D eigenvalue weighted by Gasteiger charge is 1.87. The van der Waals surface area contributed by atoms with Crippen LogP contribution in [0.15, 0.2) is 24.3 Å². The molecule has 0 heterocycles. The second kappa shape index (κ2) is 13.4. The molecule has 0 rings (SSSR count). The minimum absolute atomic E-state index is 0.158. The predicted molar refractivity (Wildman–Crippen MR) is 68.0 cm³/mol. The lowest BCUT2D eigenvalue weighted by molar-refractivity contribution is 0.342. The van der Waals surface area contributed by atoms with Crippen molar-refractivity contribution in [3.05, 3.63) is 24.3 Å².